The molecule has 3 aliphatic rings. The van der Waals surface area contributed by atoms with E-state index in [1.165, 1.54) is 12.0 Å². The lowest BCUT2D eigenvalue weighted by molar-refractivity contribution is -0.155. The van der Waals surface area contributed by atoms with Crippen molar-refractivity contribution in [3.8, 4) is 0 Å². The summed E-state index contributed by atoms with van der Waals surface area (Å²) in [5, 5.41) is 9.82. The zero-order valence-corrected chi connectivity index (χ0v) is 16.6. The Morgan fingerprint density at radius 1 is 1.07 bits per heavy atom. The van der Waals surface area contributed by atoms with Crippen LogP contribution >= 0.6 is 0 Å². The van der Waals surface area contributed by atoms with Gasteiger partial charge in [0.05, 0.1) is 13.0 Å². The fourth-order valence-corrected chi connectivity index (χ4v) is 4.69. The molecule has 1 aliphatic carbocycles. The van der Waals surface area contributed by atoms with Gasteiger partial charge in [0, 0.05) is 38.4 Å². The number of anilines is 1. The Labute approximate surface area is 170 Å². The molecule has 1 aromatic carbocycles. The van der Waals surface area contributed by atoms with Crippen molar-refractivity contribution in [2.75, 3.05) is 44.7 Å². The lowest BCUT2D eigenvalue weighted by atomic mass is 9.80. The van der Waals surface area contributed by atoms with E-state index in [1.54, 1.807) is 4.90 Å². The van der Waals surface area contributed by atoms with E-state index in [0.717, 1.165) is 18.5 Å². The van der Waals surface area contributed by atoms with Gasteiger partial charge in [0.15, 0.2) is 0 Å². The number of carbonyl (C=O) groups excluding carboxylic acids is 2. The summed E-state index contributed by atoms with van der Waals surface area (Å²) in [5.74, 6) is -2.21. The van der Waals surface area contributed by atoms with Crippen LogP contribution in [0.25, 0.3) is 0 Å². The minimum atomic E-state index is -1.02. The summed E-state index contributed by atoms with van der Waals surface area (Å²) in [6.07, 6.45) is 1.60. The second-order valence-electron chi connectivity index (χ2n) is 8.34. The van der Waals surface area contributed by atoms with Gasteiger partial charge in [-0.3, -0.25) is 14.5 Å². The molecule has 2 aliphatic heterocycles. The molecule has 1 spiro atoms. The number of rotatable bonds is 3. The van der Waals surface area contributed by atoms with E-state index >= 15 is 0 Å². The Balaban J connectivity index is 1.50. The Morgan fingerprint density at radius 2 is 1.72 bits per heavy atom. The number of piperidine rings is 1. The fraction of sp³-hybridized carbons (Fsp3) is 0.571. The Morgan fingerprint density at radius 3 is 2.28 bits per heavy atom. The van der Waals surface area contributed by atoms with Gasteiger partial charge in [-0.25, -0.2) is 4.79 Å². The van der Waals surface area contributed by atoms with Crippen LogP contribution in [0.4, 0.5) is 10.5 Å². The van der Waals surface area contributed by atoms with Crippen LogP contribution in [0.5, 0.6) is 0 Å². The predicted molar refractivity (Wildman–Crippen MR) is 106 cm³/mol. The maximum absolute atomic E-state index is 13.4. The molecule has 0 unspecified atom stereocenters. The second-order valence-corrected chi connectivity index (χ2v) is 8.34. The van der Waals surface area contributed by atoms with Crippen molar-refractivity contribution in [1.29, 1.82) is 0 Å². The molecule has 0 bridgehead atoms. The molecule has 29 heavy (non-hydrogen) atoms. The topological polar surface area (TPSA) is 90.4 Å². The maximum atomic E-state index is 13.4. The zero-order valence-electron chi connectivity index (χ0n) is 16.6. The molecule has 2 amide bonds. The molecule has 1 aromatic rings. The summed E-state index contributed by atoms with van der Waals surface area (Å²) >= 11 is 0. The van der Waals surface area contributed by atoms with Crippen LogP contribution in [0.1, 0.15) is 19.3 Å². The van der Waals surface area contributed by atoms with Crippen molar-refractivity contribution < 1.29 is 24.2 Å². The quantitative estimate of drug-likeness (QED) is 0.828. The van der Waals surface area contributed by atoms with Crippen molar-refractivity contribution in [1.82, 2.24) is 9.80 Å². The first-order valence-corrected chi connectivity index (χ1v) is 10.1. The first kappa shape index (κ1) is 19.5. The minimum absolute atomic E-state index is 0.167. The summed E-state index contributed by atoms with van der Waals surface area (Å²) in [6.45, 7) is 2.72. The molecule has 156 valence electrons. The van der Waals surface area contributed by atoms with Crippen molar-refractivity contribution in [3.05, 3.63) is 30.3 Å². The summed E-state index contributed by atoms with van der Waals surface area (Å²) in [6, 6.07) is 8.99. The molecule has 3 fully saturated rings. The van der Waals surface area contributed by atoms with Crippen molar-refractivity contribution in [2.24, 2.45) is 11.3 Å². The van der Waals surface area contributed by atoms with Crippen molar-refractivity contribution in [2.45, 2.75) is 25.3 Å². The highest BCUT2D eigenvalue weighted by Crippen LogP contribution is 2.55. The number of hydrogen-bond acceptors (Lipinski definition) is 5. The lowest BCUT2D eigenvalue weighted by Crippen LogP contribution is -2.62. The predicted octanol–water partition coefficient (Wildman–Crippen LogP) is 1.66. The van der Waals surface area contributed by atoms with Crippen LogP contribution in [-0.2, 0) is 14.3 Å². The average Bonchev–Trinajstić information content (AvgIpc) is 3.51. The van der Waals surface area contributed by atoms with Crippen LogP contribution in [0, 0.1) is 11.3 Å². The summed E-state index contributed by atoms with van der Waals surface area (Å²) in [4.78, 5) is 43.1. The van der Waals surface area contributed by atoms with Gasteiger partial charge in [0.2, 0.25) is 5.91 Å². The largest absolute Gasteiger partial charge is 0.481 e. The van der Waals surface area contributed by atoms with Crippen LogP contribution in [0.3, 0.4) is 0 Å². The molecule has 1 N–H and O–H groups in total. The van der Waals surface area contributed by atoms with Crippen LogP contribution in [-0.4, -0.2) is 78.8 Å². The van der Waals surface area contributed by atoms with Gasteiger partial charge >= 0.3 is 12.1 Å². The van der Waals surface area contributed by atoms with E-state index in [-0.39, 0.29) is 11.3 Å². The van der Waals surface area contributed by atoms with Crippen LogP contribution in [0.15, 0.2) is 30.3 Å². The molecule has 2 heterocycles. The minimum Gasteiger partial charge on any atom is -0.481 e. The molecule has 1 saturated carbocycles. The van der Waals surface area contributed by atoms with Gasteiger partial charge in [-0.15, -0.1) is 0 Å². The number of carbonyl (C=O) groups is 3. The highest BCUT2D eigenvalue weighted by atomic mass is 16.5. The van der Waals surface area contributed by atoms with Gasteiger partial charge in [0.25, 0.3) is 0 Å². The third kappa shape index (κ3) is 3.75. The second kappa shape index (κ2) is 7.57. The van der Waals surface area contributed by atoms with Gasteiger partial charge in [-0.1, -0.05) is 18.2 Å². The van der Waals surface area contributed by atoms with E-state index in [0.29, 0.717) is 39.1 Å². The number of likely N-dealkylation sites (tertiary alicyclic amines) is 1. The average molecular weight is 401 g/mol. The summed E-state index contributed by atoms with van der Waals surface area (Å²) in [7, 11) is 1.27. The SMILES string of the molecule is COC(=O)N1CC2(CC2)C[C@H](C(=O)O)[C@H]1C(=O)N1CCN(c2ccccc2)CC1. The molecule has 4 rings (SSSR count). The van der Waals surface area contributed by atoms with E-state index < -0.39 is 24.0 Å². The number of aliphatic carboxylic acids is 1. The fourth-order valence-electron chi connectivity index (χ4n) is 4.69. The van der Waals surface area contributed by atoms with E-state index in [4.69, 9.17) is 4.74 Å². The molecule has 0 radical (unpaired) electrons. The third-order valence-corrected chi connectivity index (χ3v) is 6.52. The highest BCUT2D eigenvalue weighted by Gasteiger charge is 2.57. The highest BCUT2D eigenvalue weighted by molar-refractivity contribution is 5.91. The van der Waals surface area contributed by atoms with Gasteiger partial charge in [-0.2, -0.15) is 0 Å². The van der Waals surface area contributed by atoms with Crippen LogP contribution in [0.2, 0.25) is 0 Å². The summed E-state index contributed by atoms with van der Waals surface area (Å²) < 4.78 is 4.90. The number of ether oxygens (including phenoxy) is 1. The normalized spacial score (nSPS) is 25.6. The van der Waals surface area contributed by atoms with E-state index in [9.17, 15) is 19.5 Å². The number of nitrogens with zero attached hydrogens (tertiary/aromatic N) is 3. The number of piperazine rings is 1. The number of methoxy groups -OCH3 is 1. The first-order valence-electron chi connectivity index (χ1n) is 10.1. The van der Waals surface area contributed by atoms with Gasteiger partial charge in [-0.05, 0) is 36.8 Å². The smallest absolute Gasteiger partial charge is 0.410 e. The van der Waals surface area contributed by atoms with E-state index in [1.807, 2.05) is 30.3 Å². The molecule has 8 heteroatoms. The number of benzene rings is 1. The van der Waals surface area contributed by atoms with E-state index in [2.05, 4.69) is 4.90 Å². The number of amides is 2. The van der Waals surface area contributed by atoms with Crippen molar-refractivity contribution in [3.63, 3.8) is 0 Å². The number of para-hydroxylation sites is 1. The molecule has 2 atom stereocenters. The standard InChI is InChI=1S/C21H27N3O5/c1-29-20(28)24-14-21(7-8-21)13-16(19(26)27)17(24)18(25)23-11-9-22(10-12-23)15-5-3-2-4-6-15/h2-6,16-17H,7-14H2,1H3,(H,26,27)/t16-,17-/m0/s1. The maximum Gasteiger partial charge on any atom is 0.410 e. The lowest BCUT2D eigenvalue weighted by Gasteiger charge is -2.45. The van der Waals surface area contributed by atoms with Gasteiger partial charge < -0.3 is 19.6 Å². The molecule has 0 aromatic heterocycles. The van der Waals surface area contributed by atoms with Crippen molar-refractivity contribution >= 4 is 23.7 Å². The summed E-state index contributed by atoms with van der Waals surface area (Å²) in [5.41, 5.74) is 0.938. The molecular formula is C21H27N3O5. The number of carboxylic acids is 1. The first-order chi connectivity index (χ1) is 13.9. The Kier molecular flexibility index (Phi) is 5.10. The van der Waals surface area contributed by atoms with Crippen LogP contribution < -0.4 is 4.90 Å². The number of carboxylic acid groups (broad SMARTS) is 1. The molecule has 2 saturated heterocycles. The Bertz CT molecular complexity index is 787. The third-order valence-electron chi connectivity index (χ3n) is 6.52. The zero-order chi connectivity index (χ0) is 20.6. The number of hydrogen-bond donors (Lipinski definition) is 1. The molecule has 8 nitrogen and oxygen atoms in total. The monoisotopic (exact) mass is 401 g/mol. The molecular weight excluding hydrogens is 374 g/mol. The van der Waals surface area contributed by atoms with Gasteiger partial charge in [0.1, 0.15) is 6.04 Å². The Hall–Kier alpha value is -2.77.